The van der Waals surface area contributed by atoms with E-state index < -0.39 is 5.63 Å². The smallest absolute Gasteiger partial charge is 0.336 e. The molecule has 1 aromatic heterocycles. The number of amides is 1. The Balaban J connectivity index is 1.31. The highest BCUT2D eigenvalue weighted by Gasteiger charge is 2.33. The number of carbonyl (C=O) groups excluding carboxylic acids is 1. The predicted octanol–water partition coefficient (Wildman–Crippen LogP) is 3.96. The van der Waals surface area contributed by atoms with Crippen LogP contribution in [0.15, 0.2) is 21.3 Å². The first-order valence-corrected chi connectivity index (χ1v) is 12.7. The van der Waals surface area contributed by atoms with Gasteiger partial charge in [-0.15, -0.1) is 0 Å². The van der Waals surface area contributed by atoms with E-state index in [2.05, 4.69) is 10.2 Å². The topological polar surface area (TPSA) is 81.0 Å². The number of fused-ring (bicyclic) bond motifs is 4. The maximum Gasteiger partial charge on any atom is 0.336 e. The largest absolute Gasteiger partial charge is 0.487 e. The van der Waals surface area contributed by atoms with Crippen molar-refractivity contribution < 1.29 is 18.7 Å². The number of hydrogen-bond donors (Lipinski definition) is 1. The molecule has 0 radical (unpaired) electrons. The van der Waals surface area contributed by atoms with Gasteiger partial charge in [0.05, 0.1) is 5.39 Å². The van der Waals surface area contributed by atoms with Crippen molar-refractivity contribution in [2.75, 3.05) is 26.2 Å². The Hall–Kier alpha value is -2.54. The summed E-state index contributed by atoms with van der Waals surface area (Å²) in [6.07, 6.45) is 7.77. The highest BCUT2D eigenvalue weighted by Crippen LogP contribution is 2.42. The van der Waals surface area contributed by atoms with Crippen LogP contribution in [0.25, 0.3) is 11.0 Å². The lowest BCUT2D eigenvalue weighted by molar-refractivity contribution is -0.123. The van der Waals surface area contributed by atoms with E-state index in [0.29, 0.717) is 35.6 Å². The molecule has 0 unspecified atom stereocenters. The van der Waals surface area contributed by atoms with E-state index in [0.717, 1.165) is 29.4 Å². The molecule has 184 valence electrons. The number of hydrogen-bond acceptors (Lipinski definition) is 6. The Morgan fingerprint density at radius 1 is 1.21 bits per heavy atom. The molecule has 0 saturated carbocycles. The molecule has 1 aromatic carbocycles. The van der Waals surface area contributed by atoms with Gasteiger partial charge in [-0.2, -0.15) is 0 Å². The Morgan fingerprint density at radius 3 is 2.88 bits per heavy atom. The van der Waals surface area contributed by atoms with Crippen LogP contribution in [0.4, 0.5) is 0 Å². The molecule has 7 nitrogen and oxygen atoms in total. The van der Waals surface area contributed by atoms with Crippen molar-refractivity contribution in [2.45, 2.75) is 77.4 Å². The zero-order chi connectivity index (χ0) is 23.9. The third-order valence-electron chi connectivity index (χ3n) is 7.75. The summed E-state index contributed by atoms with van der Waals surface area (Å²) in [6.45, 7) is 8.94. The second-order valence-electron chi connectivity index (χ2n) is 10.8. The Morgan fingerprint density at radius 2 is 2.03 bits per heavy atom. The van der Waals surface area contributed by atoms with E-state index in [1.165, 1.54) is 51.3 Å². The van der Waals surface area contributed by atoms with E-state index in [-0.39, 0.29) is 18.1 Å². The van der Waals surface area contributed by atoms with Gasteiger partial charge in [0.25, 0.3) is 5.91 Å². The molecule has 0 bridgehead atoms. The molecule has 0 aliphatic carbocycles. The summed E-state index contributed by atoms with van der Waals surface area (Å²) < 4.78 is 17.8. The number of nitrogens with zero attached hydrogens (tertiary/aromatic N) is 1. The van der Waals surface area contributed by atoms with Crippen LogP contribution >= 0.6 is 0 Å². The summed E-state index contributed by atoms with van der Waals surface area (Å²) in [5, 5.41) is 3.84. The van der Waals surface area contributed by atoms with Gasteiger partial charge in [0.2, 0.25) is 0 Å². The Labute approximate surface area is 200 Å². The van der Waals surface area contributed by atoms with Crippen LogP contribution < -0.4 is 20.4 Å². The molecule has 5 rings (SSSR count). The van der Waals surface area contributed by atoms with Gasteiger partial charge in [-0.3, -0.25) is 4.79 Å². The third kappa shape index (κ3) is 4.67. The Kier molecular flexibility index (Phi) is 6.32. The van der Waals surface area contributed by atoms with Gasteiger partial charge >= 0.3 is 5.63 Å². The lowest BCUT2D eigenvalue weighted by Crippen LogP contribution is -2.51. The zero-order valence-corrected chi connectivity index (χ0v) is 20.6. The first-order chi connectivity index (χ1) is 16.3. The molecule has 2 atom stereocenters. The predicted molar refractivity (Wildman–Crippen MR) is 131 cm³/mol. The second-order valence-corrected chi connectivity index (χ2v) is 10.8. The lowest BCUT2D eigenvalue weighted by Gasteiger charge is -2.44. The van der Waals surface area contributed by atoms with Crippen LogP contribution in [0.1, 0.15) is 63.5 Å². The third-order valence-corrected chi connectivity index (χ3v) is 7.75. The summed E-state index contributed by atoms with van der Waals surface area (Å²) in [6, 6.07) is 3.91. The van der Waals surface area contributed by atoms with Crippen molar-refractivity contribution in [2.24, 2.45) is 5.92 Å². The summed E-state index contributed by atoms with van der Waals surface area (Å²) >= 11 is 0. The van der Waals surface area contributed by atoms with Crippen molar-refractivity contribution in [3.63, 3.8) is 0 Å². The zero-order valence-electron chi connectivity index (χ0n) is 20.6. The molecular formula is C27H36N2O5. The molecule has 1 amide bonds. The molecule has 0 spiro atoms. The fraction of sp³-hybridized carbons (Fsp3) is 0.630. The second kappa shape index (κ2) is 9.25. The first-order valence-electron chi connectivity index (χ1n) is 12.7. The molecule has 2 saturated heterocycles. The molecule has 4 heterocycles. The molecule has 3 aliphatic heterocycles. The molecular weight excluding hydrogens is 432 g/mol. The van der Waals surface area contributed by atoms with Crippen LogP contribution in [0, 0.1) is 12.8 Å². The summed E-state index contributed by atoms with van der Waals surface area (Å²) in [5.74, 6) is 1.55. The van der Waals surface area contributed by atoms with Crippen molar-refractivity contribution in [1.82, 2.24) is 10.2 Å². The maximum atomic E-state index is 12.7. The molecule has 34 heavy (non-hydrogen) atoms. The number of ether oxygens (including phenoxy) is 2. The van der Waals surface area contributed by atoms with E-state index in [9.17, 15) is 9.59 Å². The van der Waals surface area contributed by atoms with Gasteiger partial charge in [0, 0.05) is 30.3 Å². The van der Waals surface area contributed by atoms with Gasteiger partial charge in [0.1, 0.15) is 22.7 Å². The normalized spacial score (nSPS) is 24.1. The minimum Gasteiger partial charge on any atom is -0.487 e. The minimum atomic E-state index is -0.392. The van der Waals surface area contributed by atoms with E-state index in [4.69, 9.17) is 13.9 Å². The number of piperidine rings is 2. The van der Waals surface area contributed by atoms with Crippen LogP contribution in [-0.4, -0.2) is 48.7 Å². The van der Waals surface area contributed by atoms with Gasteiger partial charge < -0.3 is 24.1 Å². The monoisotopic (exact) mass is 468 g/mol. The molecule has 3 aliphatic rings. The van der Waals surface area contributed by atoms with Crippen LogP contribution in [0.3, 0.4) is 0 Å². The number of benzene rings is 1. The maximum absolute atomic E-state index is 12.7. The van der Waals surface area contributed by atoms with E-state index in [1.807, 2.05) is 26.8 Å². The van der Waals surface area contributed by atoms with E-state index in [1.54, 1.807) is 0 Å². The summed E-state index contributed by atoms with van der Waals surface area (Å²) in [5.41, 5.74) is 1.46. The van der Waals surface area contributed by atoms with Crippen molar-refractivity contribution in [3.8, 4) is 11.5 Å². The van der Waals surface area contributed by atoms with Crippen LogP contribution in [-0.2, 0) is 11.2 Å². The van der Waals surface area contributed by atoms with Gasteiger partial charge in [-0.1, -0.05) is 6.42 Å². The summed E-state index contributed by atoms with van der Waals surface area (Å²) in [7, 11) is 0. The number of carbonyl (C=O) groups is 1. The van der Waals surface area contributed by atoms with Crippen LogP contribution in [0.2, 0.25) is 0 Å². The van der Waals surface area contributed by atoms with Crippen LogP contribution in [0.5, 0.6) is 11.5 Å². The fourth-order valence-corrected chi connectivity index (χ4v) is 5.99. The highest BCUT2D eigenvalue weighted by molar-refractivity contribution is 5.91. The molecule has 1 N–H and O–H groups in total. The minimum absolute atomic E-state index is 0.0864. The van der Waals surface area contributed by atoms with Gasteiger partial charge in [-0.05, 0) is 83.9 Å². The van der Waals surface area contributed by atoms with Gasteiger partial charge in [0.15, 0.2) is 6.61 Å². The highest BCUT2D eigenvalue weighted by atomic mass is 16.5. The van der Waals surface area contributed by atoms with E-state index >= 15 is 0 Å². The fourth-order valence-electron chi connectivity index (χ4n) is 5.99. The Bertz CT molecular complexity index is 1140. The average molecular weight is 469 g/mol. The van der Waals surface area contributed by atoms with Crippen molar-refractivity contribution >= 4 is 16.9 Å². The summed E-state index contributed by atoms with van der Waals surface area (Å²) in [4.78, 5) is 27.5. The molecule has 2 fully saturated rings. The quantitative estimate of drug-likeness (QED) is 0.669. The van der Waals surface area contributed by atoms with Crippen molar-refractivity contribution in [3.05, 3.63) is 33.7 Å². The number of nitrogens with one attached hydrogen (secondary N) is 1. The number of aryl methyl sites for hydroxylation is 2. The lowest BCUT2D eigenvalue weighted by atomic mass is 9.83. The van der Waals surface area contributed by atoms with Crippen molar-refractivity contribution in [1.29, 1.82) is 0 Å². The molecule has 7 heteroatoms. The van der Waals surface area contributed by atoms with Gasteiger partial charge in [-0.25, -0.2) is 4.79 Å². The average Bonchev–Trinajstić information content (AvgIpc) is 2.80. The first kappa shape index (κ1) is 23.2. The number of rotatable bonds is 5. The standard InChI is InChI=1S/C27H36N2O5/c1-17-13-24(31)33-26-19-9-10-27(2,3)34-21(19)14-22(25(17)26)32-16-23(30)28-15-18-7-6-12-29-11-5-4-8-20(18)29/h13-14,18,20H,4-12,15-16H2,1-3H3,(H,28,30)/t18-,20+/m0/s1. The SMILES string of the molecule is Cc1cc(=O)oc2c3c(cc(OCC(=O)NC[C@@H]4CCCN5CCCC[C@H]45)c12)OC(C)(C)CC3. The molecule has 2 aromatic rings.